The standard InChI is InChI=1S/C25H29FN4OS/c1-16(2)29-25(32)30-11-3-4-17(15-30)13-28-24(31)19-7-5-18(6-8-19)22-14-27-23-12-20(26)9-10-21(22)23/h5-10,12,14,16-17,27H,3-4,11,13,15H2,1-2H3,(H,28,31)(H,29,32)/t17-/m0/s1. The molecular formula is C25H29FN4OS. The third-order valence-corrected chi connectivity index (χ3v) is 6.25. The summed E-state index contributed by atoms with van der Waals surface area (Å²) in [6.45, 7) is 6.62. The van der Waals surface area contributed by atoms with Crippen LogP contribution >= 0.6 is 12.2 Å². The minimum Gasteiger partial charge on any atom is -0.360 e. The Kier molecular flexibility index (Phi) is 6.74. The molecule has 1 amide bonds. The number of thiocarbonyl (C=S) groups is 1. The van der Waals surface area contributed by atoms with Gasteiger partial charge in [-0.1, -0.05) is 12.1 Å². The second kappa shape index (κ2) is 9.69. The predicted molar refractivity (Wildman–Crippen MR) is 131 cm³/mol. The van der Waals surface area contributed by atoms with Crippen molar-refractivity contribution >= 4 is 34.1 Å². The number of aromatic amines is 1. The molecule has 1 aliphatic rings. The quantitative estimate of drug-likeness (QED) is 0.491. The van der Waals surface area contributed by atoms with E-state index in [0.717, 1.165) is 53.1 Å². The minimum absolute atomic E-state index is 0.0717. The first-order valence-corrected chi connectivity index (χ1v) is 11.5. The monoisotopic (exact) mass is 452 g/mol. The van der Waals surface area contributed by atoms with Gasteiger partial charge in [-0.05, 0) is 80.7 Å². The molecule has 7 heteroatoms. The van der Waals surface area contributed by atoms with Gasteiger partial charge in [-0.2, -0.15) is 0 Å². The van der Waals surface area contributed by atoms with Crippen LogP contribution < -0.4 is 10.6 Å². The molecule has 4 rings (SSSR count). The van der Waals surface area contributed by atoms with Gasteiger partial charge in [0.05, 0.1) is 0 Å². The number of fused-ring (bicyclic) bond motifs is 1. The summed E-state index contributed by atoms with van der Waals surface area (Å²) in [4.78, 5) is 18.0. The van der Waals surface area contributed by atoms with Gasteiger partial charge in [-0.25, -0.2) is 4.39 Å². The molecule has 0 spiro atoms. The number of piperidine rings is 1. The number of likely N-dealkylation sites (tertiary alicyclic amines) is 1. The normalized spacial score (nSPS) is 16.4. The first kappa shape index (κ1) is 22.3. The van der Waals surface area contributed by atoms with E-state index in [9.17, 15) is 9.18 Å². The Bertz CT molecular complexity index is 1110. The maximum atomic E-state index is 13.4. The lowest BCUT2D eigenvalue weighted by Gasteiger charge is -2.35. The van der Waals surface area contributed by atoms with E-state index in [1.807, 2.05) is 30.5 Å². The van der Waals surface area contributed by atoms with E-state index in [4.69, 9.17) is 12.2 Å². The van der Waals surface area contributed by atoms with E-state index in [0.29, 0.717) is 24.1 Å². The zero-order valence-corrected chi connectivity index (χ0v) is 19.3. The van der Waals surface area contributed by atoms with E-state index >= 15 is 0 Å². The Balaban J connectivity index is 1.35. The van der Waals surface area contributed by atoms with E-state index < -0.39 is 0 Å². The van der Waals surface area contributed by atoms with Crippen molar-refractivity contribution in [3.63, 3.8) is 0 Å². The van der Waals surface area contributed by atoms with Crippen molar-refractivity contribution in [3.05, 3.63) is 60.0 Å². The van der Waals surface area contributed by atoms with Gasteiger partial charge in [0.1, 0.15) is 5.82 Å². The highest BCUT2D eigenvalue weighted by Crippen LogP contribution is 2.29. The van der Waals surface area contributed by atoms with Crippen LogP contribution in [0.3, 0.4) is 0 Å². The van der Waals surface area contributed by atoms with E-state index in [1.165, 1.54) is 12.1 Å². The number of carbonyl (C=O) groups is 1. The predicted octanol–water partition coefficient (Wildman–Crippen LogP) is 4.70. The number of nitrogens with one attached hydrogen (secondary N) is 3. The van der Waals surface area contributed by atoms with Crippen molar-refractivity contribution in [2.45, 2.75) is 32.7 Å². The number of hydrogen-bond acceptors (Lipinski definition) is 2. The number of H-pyrrole nitrogens is 1. The number of carbonyl (C=O) groups excluding carboxylic acids is 1. The summed E-state index contributed by atoms with van der Waals surface area (Å²) in [7, 11) is 0. The summed E-state index contributed by atoms with van der Waals surface area (Å²) in [6, 6.07) is 12.6. The zero-order valence-electron chi connectivity index (χ0n) is 18.5. The van der Waals surface area contributed by atoms with Crippen LogP contribution in [0.5, 0.6) is 0 Å². The number of aromatic nitrogens is 1. The molecule has 1 aromatic heterocycles. The number of rotatable bonds is 5. The average Bonchev–Trinajstić information content (AvgIpc) is 3.20. The third-order valence-electron chi connectivity index (χ3n) is 5.87. The van der Waals surface area contributed by atoms with Crippen molar-refractivity contribution in [1.82, 2.24) is 20.5 Å². The van der Waals surface area contributed by atoms with Crippen molar-refractivity contribution in [2.75, 3.05) is 19.6 Å². The average molecular weight is 453 g/mol. The number of amides is 1. The fourth-order valence-electron chi connectivity index (χ4n) is 4.23. The Morgan fingerprint density at radius 1 is 1.25 bits per heavy atom. The zero-order chi connectivity index (χ0) is 22.7. The maximum Gasteiger partial charge on any atom is 0.251 e. The highest BCUT2D eigenvalue weighted by atomic mass is 32.1. The summed E-state index contributed by atoms with van der Waals surface area (Å²) in [5.74, 6) is 0.0417. The number of nitrogens with zero attached hydrogens (tertiary/aromatic N) is 1. The van der Waals surface area contributed by atoms with Crippen molar-refractivity contribution in [2.24, 2.45) is 5.92 Å². The lowest BCUT2D eigenvalue weighted by atomic mass is 9.98. The summed E-state index contributed by atoms with van der Waals surface area (Å²) in [5, 5.41) is 8.14. The summed E-state index contributed by atoms with van der Waals surface area (Å²) >= 11 is 5.50. The first-order chi connectivity index (χ1) is 15.4. The van der Waals surface area contributed by atoms with Crippen molar-refractivity contribution < 1.29 is 9.18 Å². The van der Waals surface area contributed by atoms with Gasteiger partial charge >= 0.3 is 0 Å². The van der Waals surface area contributed by atoms with Gasteiger partial charge in [-0.3, -0.25) is 4.79 Å². The highest BCUT2D eigenvalue weighted by Gasteiger charge is 2.22. The van der Waals surface area contributed by atoms with Gasteiger partial charge in [0, 0.05) is 53.9 Å². The molecular weight excluding hydrogens is 423 g/mol. The second-order valence-corrected chi connectivity index (χ2v) is 9.12. The summed E-state index contributed by atoms with van der Waals surface area (Å²) in [6.07, 6.45) is 4.03. The van der Waals surface area contributed by atoms with Gasteiger partial charge in [0.15, 0.2) is 5.11 Å². The van der Waals surface area contributed by atoms with Crippen LogP contribution in [0.25, 0.3) is 22.0 Å². The van der Waals surface area contributed by atoms with E-state index in [1.54, 1.807) is 6.07 Å². The Morgan fingerprint density at radius 3 is 2.78 bits per heavy atom. The van der Waals surface area contributed by atoms with E-state index in [2.05, 4.69) is 34.4 Å². The molecule has 0 bridgehead atoms. The van der Waals surface area contributed by atoms with Crippen LogP contribution in [0.1, 0.15) is 37.0 Å². The fourth-order valence-corrected chi connectivity index (χ4v) is 4.63. The molecule has 1 aliphatic heterocycles. The van der Waals surface area contributed by atoms with Crippen LogP contribution in [-0.2, 0) is 0 Å². The molecule has 3 N–H and O–H groups in total. The molecule has 168 valence electrons. The molecule has 0 saturated carbocycles. The van der Waals surface area contributed by atoms with Crippen LogP contribution in [0, 0.1) is 11.7 Å². The molecule has 3 aromatic rings. The third kappa shape index (κ3) is 5.10. The van der Waals surface area contributed by atoms with Gasteiger partial charge in [-0.15, -0.1) is 0 Å². The van der Waals surface area contributed by atoms with Crippen molar-refractivity contribution in [1.29, 1.82) is 0 Å². The van der Waals surface area contributed by atoms with E-state index in [-0.39, 0.29) is 11.7 Å². The van der Waals surface area contributed by atoms with Crippen LogP contribution in [0.4, 0.5) is 4.39 Å². The Morgan fingerprint density at radius 2 is 2.03 bits per heavy atom. The number of halogens is 1. The highest BCUT2D eigenvalue weighted by molar-refractivity contribution is 7.80. The maximum absolute atomic E-state index is 13.4. The molecule has 32 heavy (non-hydrogen) atoms. The lowest BCUT2D eigenvalue weighted by Crippen LogP contribution is -2.49. The van der Waals surface area contributed by atoms with Gasteiger partial charge < -0.3 is 20.5 Å². The van der Waals surface area contributed by atoms with Crippen LogP contribution in [-0.4, -0.2) is 46.6 Å². The smallest absolute Gasteiger partial charge is 0.251 e. The Hall–Kier alpha value is -2.93. The molecule has 5 nitrogen and oxygen atoms in total. The molecule has 1 atom stereocenters. The van der Waals surface area contributed by atoms with Crippen LogP contribution in [0.15, 0.2) is 48.7 Å². The summed E-state index contributed by atoms with van der Waals surface area (Å²) < 4.78 is 13.4. The summed E-state index contributed by atoms with van der Waals surface area (Å²) in [5.41, 5.74) is 3.35. The number of benzene rings is 2. The molecule has 0 radical (unpaired) electrons. The lowest BCUT2D eigenvalue weighted by molar-refractivity contribution is 0.0940. The molecule has 2 heterocycles. The topological polar surface area (TPSA) is 60.2 Å². The largest absolute Gasteiger partial charge is 0.360 e. The fraction of sp³-hybridized carbons (Fsp3) is 0.360. The molecule has 1 fully saturated rings. The molecule has 1 saturated heterocycles. The second-order valence-electron chi connectivity index (χ2n) is 8.74. The molecule has 2 aromatic carbocycles. The molecule has 0 aliphatic carbocycles. The Labute approximate surface area is 193 Å². The van der Waals surface area contributed by atoms with Crippen LogP contribution in [0.2, 0.25) is 0 Å². The van der Waals surface area contributed by atoms with Gasteiger partial charge in [0.2, 0.25) is 0 Å². The SMILES string of the molecule is CC(C)NC(=S)N1CCC[C@@H](CNC(=O)c2ccc(-c3c[nH]c4cc(F)ccc34)cc2)C1. The first-order valence-electron chi connectivity index (χ1n) is 11.1. The van der Waals surface area contributed by atoms with Gasteiger partial charge in [0.25, 0.3) is 5.91 Å². The number of hydrogen-bond donors (Lipinski definition) is 3. The molecule has 0 unspecified atom stereocenters. The van der Waals surface area contributed by atoms with Crippen molar-refractivity contribution in [3.8, 4) is 11.1 Å². The minimum atomic E-state index is -0.267.